The molecule has 0 fully saturated rings. The van der Waals surface area contributed by atoms with E-state index in [1.807, 2.05) is 67.8 Å². The standard InChI is InChI=1S/C24H24N2O4S2/c1-4-29-23(28)21-18(17-8-6-5-7-9-17)14-32-22(21)26-24(31)25-20(27)13-30-19-12-15(2)10-11-16(19)3/h5-12,14H,4,13H2,1-3H3,(H2,25,26,27,31). The molecule has 0 aliphatic carbocycles. The number of hydrogen-bond donors (Lipinski definition) is 2. The van der Waals surface area contributed by atoms with Crippen LogP contribution in [0.25, 0.3) is 11.1 Å². The van der Waals surface area contributed by atoms with Crippen LogP contribution in [0.3, 0.4) is 0 Å². The van der Waals surface area contributed by atoms with Gasteiger partial charge in [-0.25, -0.2) is 4.79 Å². The van der Waals surface area contributed by atoms with Crippen molar-refractivity contribution in [2.75, 3.05) is 18.5 Å². The topological polar surface area (TPSA) is 76.7 Å². The Morgan fingerprint density at radius 3 is 2.56 bits per heavy atom. The predicted molar refractivity (Wildman–Crippen MR) is 131 cm³/mol. The van der Waals surface area contributed by atoms with E-state index in [0.29, 0.717) is 16.3 Å². The van der Waals surface area contributed by atoms with E-state index in [0.717, 1.165) is 22.3 Å². The van der Waals surface area contributed by atoms with Gasteiger partial charge in [0, 0.05) is 10.9 Å². The maximum absolute atomic E-state index is 12.6. The highest BCUT2D eigenvalue weighted by molar-refractivity contribution is 7.80. The first-order chi connectivity index (χ1) is 15.4. The fourth-order valence-electron chi connectivity index (χ4n) is 2.99. The van der Waals surface area contributed by atoms with E-state index in [4.69, 9.17) is 21.7 Å². The van der Waals surface area contributed by atoms with Crippen LogP contribution in [-0.2, 0) is 9.53 Å². The van der Waals surface area contributed by atoms with Crippen molar-refractivity contribution in [1.29, 1.82) is 0 Å². The number of benzene rings is 2. The normalized spacial score (nSPS) is 10.3. The van der Waals surface area contributed by atoms with Gasteiger partial charge in [-0.05, 0) is 55.7 Å². The lowest BCUT2D eigenvalue weighted by molar-refractivity contribution is -0.121. The van der Waals surface area contributed by atoms with Gasteiger partial charge >= 0.3 is 5.97 Å². The predicted octanol–water partition coefficient (Wildman–Crippen LogP) is 5.10. The van der Waals surface area contributed by atoms with Crippen molar-refractivity contribution in [1.82, 2.24) is 5.32 Å². The zero-order valence-corrected chi connectivity index (χ0v) is 19.7. The average Bonchev–Trinajstić information content (AvgIpc) is 3.18. The molecule has 0 saturated heterocycles. The molecule has 0 unspecified atom stereocenters. The van der Waals surface area contributed by atoms with Crippen LogP contribution in [0.5, 0.6) is 5.75 Å². The second-order valence-corrected chi connectivity index (χ2v) is 8.29. The van der Waals surface area contributed by atoms with Crippen LogP contribution >= 0.6 is 23.6 Å². The van der Waals surface area contributed by atoms with Gasteiger partial charge in [0.1, 0.15) is 16.3 Å². The van der Waals surface area contributed by atoms with Gasteiger partial charge in [0.2, 0.25) is 0 Å². The van der Waals surface area contributed by atoms with Crippen molar-refractivity contribution in [2.45, 2.75) is 20.8 Å². The molecule has 2 aromatic carbocycles. The lowest BCUT2D eigenvalue weighted by atomic mass is 10.0. The summed E-state index contributed by atoms with van der Waals surface area (Å²) in [6.45, 7) is 5.68. The molecular formula is C24H24N2O4S2. The van der Waals surface area contributed by atoms with Crippen molar-refractivity contribution in [3.05, 3.63) is 70.6 Å². The largest absolute Gasteiger partial charge is 0.483 e. The number of rotatable bonds is 7. The Kier molecular flexibility index (Phi) is 7.97. The highest BCUT2D eigenvalue weighted by Gasteiger charge is 2.22. The SMILES string of the molecule is CCOC(=O)c1c(-c2ccccc2)csc1NC(=S)NC(=O)COc1cc(C)ccc1C. The first kappa shape index (κ1) is 23.4. The van der Waals surface area contributed by atoms with Gasteiger partial charge in [-0.1, -0.05) is 42.5 Å². The summed E-state index contributed by atoms with van der Waals surface area (Å²) in [6, 6.07) is 15.3. The molecule has 3 rings (SSSR count). The Labute approximate surface area is 196 Å². The minimum atomic E-state index is -0.456. The molecule has 0 aliphatic heterocycles. The van der Waals surface area contributed by atoms with E-state index in [1.54, 1.807) is 6.92 Å². The molecule has 2 N–H and O–H groups in total. The molecule has 0 aliphatic rings. The summed E-state index contributed by atoms with van der Waals surface area (Å²) in [5.41, 5.74) is 3.99. The summed E-state index contributed by atoms with van der Waals surface area (Å²) in [7, 11) is 0. The maximum Gasteiger partial charge on any atom is 0.341 e. The van der Waals surface area contributed by atoms with Crippen molar-refractivity contribution >= 4 is 45.5 Å². The van der Waals surface area contributed by atoms with Crippen molar-refractivity contribution in [3.63, 3.8) is 0 Å². The van der Waals surface area contributed by atoms with Crippen LogP contribution in [0, 0.1) is 13.8 Å². The van der Waals surface area contributed by atoms with Gasteiger partial charge in [-0.3, -0.25) is 10.1 Å². The van der Waals surface area contributed by atoms with E-state index in [1.165, 1.54) is 11.3 Å². The van der Waals surface area contributed by atoms with Crippen LogP contribution in [0.1, 0.15) is 28.4 Å². The van der Waals surface area contributed by atoms with Crippen molar-refractivity contribution < 1.29 is 19.1 Å². The summed E-state index contributed by atoms with van der Waals surface area (Å²) in [5.74, 6) is -0.210. The van der Waals surface area contributed by atoms with E-state index >= 15 is 0 Å². The molecule has 0 saturated carbocycles. The van der Waals surface area contributed by atoms with E-state index in [9.17, 15) is 9.59 Å². The van der Waals surface area contributed by atoms with Crippen LogP contribution < -0.4 is 15.4 Å². The monoisotopic (exact) mass is 468 g/mol. The number of nitrogens with one attached hydrogen (secondary N) is 2. The second-order valence-electron chi connectivity index (χ2n) is 7.00. The van der Waals surface area contributed by atoms with Gasteiger partial charge in [0.05, 0.1) is 6.61 Å². The number of esters is 1. The number of aryl methyl sites for hydroxylation is 2. The maximum atomic E-state index is 12.6. The van der Waals surface area contributed by atoms with Gasteiger partial charge in [-0.15, -0.1) is 11.3 Å². The molecule has 0 spiro atoms. The van der Waals surface area contributed by atoms with Crippen LogP contribution in [0.2, 0.25) is 0 Å². The molecule has 0 radical (unpaired) electrons. The average molecular weight is 469 g/mol. The molecule has 1 amide bonds. The van der Waals surface area contributed by atoms with Crippen LogP contribution in [0.15, 0.2) is 53.9 Å². The molecule has 1 aromatic heterocycles. The van der Waals surface area contributed by atoms with E-state index < -0.39 is 11.9 Å². The third-order valence-electron chi connectivity index (χ3n) is 4.54. The number of anilines is 1. The van der Waals surface area contributed by atoms with E-state index in [2.05, 4.69) is 10.6 Å². The summed E-state index contributed by atoms with van der Waals surface area (Å²) < 4.78 is 10.9. The number of thiophene rings is 1. The number of thiocarbonyl (C=S) groups is 1. The van der Waals surface area contributed by atoms with Gasteiger partial charge < -0.3 is 14.8 Å². The lowest BCUT2D eigenvalue weighted by Gasteiger charge is -2.12. The summed E-state index contributed by atoms with van der Waals surface area (Å²) in [4.78, 5) is 24.9. The Morgan fingerprint density at radius 1 is 1.09 bits per heavy atom. The van der Waals surface area contributed by atoms with E-state index in [-0.39, 0.29) is 18.3 Å². The highest BCUT2D eigenvalue weighted by atomic mass is 32.1. The third kappa shape index (κ3) is 5.93. The highest BCUT2D eigenvalue weighted by Crippen LogP contribution is 2.36. The van der Waals surface area contributed by atoms with Crippen molar-refractivity contribution in [3.8, 4) is 16.9 Å². The summed E-state index contributed by atoms with van der Waals surface area (Å²) in [5, 5.41) is 7.98. The Bertz CT molecular complexity index is 1130. The van der Waals surface area contributed by atoms with Crippen LogP contribution in [0.4, 0.5) is 5.00 Å². The molecule has 0 bridgehead atoms. The number of hydrogen-bond acceptors (Lipinski definition) is 6. The number of ether oxygens (including phenoxy) is 2. The molecule has 3 aromatic rings. The fourth-order valence-corrected chi connectivity index (χ4v) is 4.23. The molecule has 1 heterocycles. The number of amides is 1. The smallest absolute Gasteiger partial charge is 0.341 e. The Morgan fingerprint density at radius 2 is 1.84 bits per heavy atom. The minimum absolute atomic E-state index is 0.0755. The quantitative estimate of drug-likeness (QED) is 0.371. The molecule has 166 valence electrons. The number of carbonyl (C=O) groups is 2. The van der Waals surface area contributed by atoms with Gasteiger partial charge in [0.25, 0.3) is 5.91 Å². The zero-order valence-electron chi connectivity index (χ0n) is 18.1. The molecular weight excluding hydrogens is 444 g/mol. The number of carbonyl (C=O) groups excluding carboxylic acids is 2. The Hall–Kier alpha value is -3.23. The van der Waals surface area contributed by atoms with Gasteiger partial charge in [0.15, 0.2) is 11.7 Å². The second kappa shape index (κ2) is 10.9. The lowest BCUT2D eigenvalue weighted by Crippen LogP contribution is -2.37. The zero-order chi connectivity index (χ0) is 23.1. The first-order valence-electron chi connectivity index (χ1n) is 10.0. The summed E-state index contributed by atoms with van der Waals surface area (Å²) in [6.07, 6.45) is 0. The van der Waals surface area contributed by atoms with Gasteiger partial charge in [-0.2, -0.15) is 0 Å². The third-order valence-corrected chi connectivity index (χ3v) is 5.64. The van der Waals surface area contributed by atoms with Crippen LogP contribution in [-0.4, -0.2) is 30.2 Å². The minimum Gasteiger partial charge on any atom is -0.483 e. The first-order valence-corrected chi connectivity index (χ1v) is 11.3. The molecule has 32 heavy (non-hydrogen) atoms. The molecule has 8 heteroatoms. The Balaban J connectivity index is 1.69. The molecule has 6 nitrogen and oxygen atoms in total. The van der Waals surface area contributed by atoms with Crippen molar-refractivity contribution in [2.24, 2.45) is 0 Å². The fraction of sp³-hybridized carbons (Fsp3) is 0.208. The summed E-state index contributed by atoms with van der Waals surface area (Å²) >= 11 is 6.59. The molecule has 0 atom stereocenters.